The van der Waals surface area contributed by atoms with Crippen LogP contribution in [-0.2, 0) is 4.74 Å². The van der Waals surface area contributed by atoms with E-state index < -0.39 is 5.97 Å². The summed E-state index contributed by atoms with van der Waals surface area (Å²) in [6.45, 7) is 6.53. The Kier molecular flexibility index (Phi) is 7.12. The third-order valence-electron chi connectivity index (χ3n) is 4.06. The molecule has 1 unspecified atom stereocenters. The number of aromatic amines is 1. The van der Waals surface area contributed by atoms with Gasteiger partial charge in [-0.25, -0.2) is 14.8 Å². The number of ether oxygens (including phenoxy) is 1. The van der Waals surface area contributed by atoms with Crippen LogP contribution in [0, 0.1) is 13.8 Å². The van der Waals surface area contributed by atoms with Gasteiger partial charge < -0.3 is 20.7 Å². The summed E-state index contributed by atoms with van der Waals surface area (Å²) in [5.74, 6) is 0.788. The second kappa shape index (κ2) is 9.31. The zero-order chi connectivity index (χ0) is 20.0. The van der Waals surface area contributed by atoms with Crippen LogP contribution in [0.4, 0.5) is 17.3 Å². The second-order valence-electron chi connectivity index (χ2n) is 6.82. The fourth-order valence-corrected chi connectivity index (χ4v) is 2.62. The summed E-state index contributed by atoms with van der Waals surface area (Å²) >= 11 is 0. The third-order valence-corrected chi connectivity index (χ3v) is 4.06. The predicted octanol–water partition coefficient (Wildman–Crippen LogP) is 2.42. The van der Waals surface area contributed by atoms with Gasteiger partial charge in [-0.05, 0) is 53.8 Å². The fraction of sp³-hybridized carbons (Fsp3) is 0.556. The zero-order valence-corrected chi connectivity index (χ0v) is 16.7. The van der Waals surface area contributed by atoms with Crippen molar-refractivity contribution in [2.75, 3.05) is 31.7 Å². The Labute approximate surface area is 159 Å². The van der Waals surface area contributed by atoms with E-state index in [4.69, 9.17) is 10.5 Å². The maximum Gasteiger partial charge on any atom is 0.359 e. The van der Waals surface area contributed by atoms with E-state index >= 15 is 0 Å². The molecule has 0 aliphatic rings. The summed E-state index contributed by atoms with van der Waals surface area (Å²) in [6, 6.07) is 1.81. The topological polar surface area (TPSA) is 122 Å². The number of hydrogen-bond acceptors (Lipinski definition) is 8. The number of nitrogen functional groups attached to an aromatic ring is 1. The van der Waals surface area contributed by atoms with Gasteiger partial charge in [-0.15, -0.1) is 0 Å². The van der Waals surface area contributed by atoms with Crippen LogP contribution < -0.4 is 11.1 Å². The average molecular weight is 375 g/mol. The number of H-pyrrole nitrogens is 1. The molecule has 0 saturated carbocycles. The molecule has 9 nitrogen and oxygen atoms in total. The molecule has 2 rings (SSSR count). The van der Waals surface area contributed by atoms with E-state index in [0.29, 0.717) is 17.5 Å². The van der Waals surface area contributed by atoms with E-state index in [1.807, 2.05) is 34.0 Å². The Bertz CT molecular complexity index is 773. The molecule has 1 atom stereocenters. The molecule has 4 N–H and O–H groups in total. The molecule has 2 heterocycles. The highest BCUT2D eigenvalue weighted by Crippen LogP contribution is 2.24. The third kappa shape index (κ3) is 5.92. The molecule has 0 aliphatic heterocycles. The highest BCUT2D eigenvalue weighted by Gasteiger charge is 2.22. The van der Waals surface area contributed by atoms with Crippen LogP contribution in [0.25, 0.3) is 0 Å². The smallest absolute Gasteiger partial charge is 0.359 e. The maximum atomic E-state index is 12.6. The van der Waals surface area contributed by atoms with Gasteiger partial charge in [0.1, 0.15) is 17.6 Å². The Morgan fingerprint density at radius 2 is 2.11 bits per heavy atom. The van der Waals surface area contributed by atoms with Crippen LogP contribution in [0.1, 0.15) is 48.2 Å². The summed E-state index contributed by atoms with van der Waals surface area (Å²) in [7, 11) is 4.04. The van der Waals surface area contributed by atoms with Gasteiger partial charge in [0.15, 0.2) is 17.3 Å². The van der Waals surface area contributed by atoms with Crippen molar-refractivity contribution in [1.29, 1.82) is 0 Å². The van der Waals surface area contributed by atoms with Crippen molar-refractivity contribution in [3.63, 3.8) is 0 Å². The fourth-order valence-electron chi connectivity index (χ4n) is 2.62. The molecule has 0 aliphatic carbocycles. The van der Waals surface area contributed by atoms with Crippen molar-refractivity contribution >= 4 is 23.3 Å². The van der Waals surface area contributed by atoms with Crippen molar-refractivity contribution in [2.24, 2.45) is 0 Å². The van der Waals surface area contributed by atoms with Crippen molar-refractivity contribution in [1.82, 2.24) is 25.1 Å². The number of esters is 1. The van der Waals surface area contributed by atoms with Gasteiger partial charge in [-0.3, -0.25) is 5.10 Å². The normalized spacial score (nSPS) is 12.2. The minimum Gasteiger partial charge on any atom is -0.458 e. The van der Waals surface area contributed by atoms with Gasteiger partial charge in [-0.2, -0.15) is 5.10 Å². The molecule has 0 amide bonds. The number of aryl methyl sites for hydroxylation is 2. The number of carbonyl (C=O) groups is 1. The quantitative estimate of drug-likeness (QED) is 0.571. The van der Waals surface area contributed by atoms with Crippen molar-refractivity contribution < 1.29 is 9.53 Å². The molecule has 9 heteroatoms. The van der Waals surface area contributed by atoms with Crippen LogP contribution in [0.2, 0.25) is 0 Å². The summed E-state index contributed by atoms with van der Waals surface area (Å²) in [4.78, 5) is 23.2. The highest BCUT2D eigenvalue weighted by atomic mass is 16.5. The molecule has 0 aromatic carbocycles. The van der Waals surface area contributed by atoms with E-state index in [0.717, 1.165) is 31.5 Å². The molecule has 27 heavy (non-hydrogen) atoms. The van der Waals surface area contributed by atoms with Gasteiger partial charge in [-0.1, -0.05) is 6.92 Å². The first kappa shape index (κ1) is 20.6. The molecule has 0 spiro atoms. The standard InChI is InChI=1S/C18H29N7O2/c1-6-13(8-7-9-25(4)5)27-18(26)16-15(19)17(21-12(3)20-16)22-14-10-11(2)23-24-14/h10,13H,6-9,19H2,1-5H3,(H2,20,21,22,23,24). The van der Waals surface area contributed by atoms with Crippen LogP contribution in [0.15, 0.2) is 6.07 Å². The second-order valence-corrected chi connectivity index (χ2v) is 6.82. The number of anilines is 3. The van der Waals surface area contributed by atoms with Crippen molar-refractivity contribution in [2.45, 2.75) is 46.1 Å². The molecule has 148 valence electrons. The number of hydrogen-bond donors (Lipinski definition) is 3. The van der Waals surface area contributed by atoms with Gasteiger partial charge in [0.2, 0.25) is 0 Å². The van der Waals surface area contributed by atoms with Crippen molar-refractivity contribution in [3.8, 4) is 0 Å². The van der Waals surface area contributed by atoms with Crippen LogP contribution >= 0.6 is 0 Å². The van der Waals surface area contributed by atoms with E-state index in [-0.39, 0.29) is 17.5 Å². The lowest BCUT2D eigenvalue weighted by Crippen LogP contribution is -2.22. The van der Waals surface area contributed by atoms with Crippen LogP contribution in [-0.4, -0.2) is 57.8 Å². The van der Waals surface area contributed by atoms with Gasteiger partial charge in [0, 0.05) is 11.8 Å². The molecule has 0 bridgehead atoms. The van der Waals surface area contributed by atoms with Gasteiger partial charge in [0.05, 0.1) is 0 Å². The number of nitrogens with two attached hydrogens (primary N) is 1. The Morgan fingerprint density at radius 3 is 2.70 bits per heavy atom. The molecular formula is C18H29N7O2. The summed E-state index contributed by atoms with van der Waals surface area (Å²) < 4.78 is 5.64. The number of carbonyl (C=O) groups excluding carboxylic acids is 1. The first-order chi connectivity index (χ1) is 12.8. The predicted molar refractivity (Wildman–Crippen MR) is 105 cm³/mol. The van der Waals surface area contributed by atoms with E-state index in [1.165, 1.54) is 0 Å². The Balaban J connectivity index is 2.12. The van der Waals surface area contributed by atoms with Gasteiger partial charge >= 0.3 is 5.97 Å². The number of rotatable bonds is 9. The van der Waals surface area contributed by atoms with E-state index in [2.05, 4.69) is 30.4 Å². The lowest BCUT2D eigenvalue weighted by atomic mass is 10.1. The highest BCUT2D eigenvalue weighted by molar-refractivity contribution is 5.96. The molecule has 0 radical (unpaired) electrons. The molecular weight excluding hydrogens is 346 g/mol. The number of aromatic nitrogens is 4. The molecule has 2 aromatic rings. The first-order valence-corrected chi connectivity index (χ1v) is 9.09. The van der Waals surface area contributed by atoms with Gasteiger partial charge in [0.25, 0.3) is 0 Å². The summed E-state index contributed by atoms with van der Waals surface area (Å²) in [5.41, 5.74) is 7.25. The molecule has 2 aromatic heterocycles. The lowest BCUT2D eigenvalue weighted by Gasteiger charge is -2.18. The summed E-state index contributed by atoms with van der Waals surface area (Å²) in [6.07, 6.45) is 2.31. The average Bonchev–Trinajstić information content (AvgIpc) is 3.01. The van der Waals surface area contributed by atoms with Crippen LogP contribution in [0.5, 0.6) is 0 Å². The number of nitrogens with one attached hydrogen (secondary N) is 2. The molecule has 0 fully saturated rings. The number of nitrogens with zero attached hydrogens (tertiary/aromatic N) is 4. The first-order valence-electron chi connectivity index (χ1n) is 9.09. The SMILES string of the molecule is CCC(CCCN(C)C)OC(=O)c1nc(C)nc(Nc2cc(C)[nH]n2)c1N. The monoisotopic (exact) mass is 375 g/mol. The minimum atomic E-state index is -0.532. The largest absolute Gasteiger partial charge is 0.458 e. The maximum absolute atomic E-state index is 12.6. The van der Waals surface area contributed by atoms with Crippen molar-refractivity contribution in [3.05, 3.63) is 23.3 Å². The van der Waals surface area contributed by atoms with E-state index in [1.54, 1.807) is 6.92 Å². The molecule has 0 saturated heterocycles. The minimum absolute atomic E-state index is 0.0725. The zero-order valence-electron chi connectivity index (χ0n) is 16.7. The lowest BCUT2D eigenvalue weighted by molar-refractivity contribution is 0.0259. The van der Waals surface area contributed by atoms with Crippen LogP contribution in [0.3, 0.4) is 0 Å². The van der Waals surface area contributed by atoms with E-state index in [9.17, 15) is 4.79 Å². The Morgan fingerprint density at radius 1 is 1.37 bits per heavy atom. The summed E-state index contributed by atoms with van der Waals surface area (Å²) in [5, 5.41) is 9.93. The Hall–Kier alpha value is -2.68.